The molecule has 120 valence electrons. The number of carbonyl (C=O) groups is 1. The van der Waals surface area contributed by atoms with Crippen LogP contribution in [0.5, 0.6) is 0 Å². The highest BCUT2D eigenvalue weighted by atomic mass is 16.3. The first-order valence-corrected chi connectivity index (χ1v) is 7.90. The molecule has 1 fully saturated rings. The minimum Gasteiger partial charge on any atom is -0.394 e. The van der Waals surface area contributed by atoms with Crippen molar-refractivity contribution in [1.82, 2.24) is 5.32 Å². The number of amides is 1. The van der Waals surface area contributed by atoms with Crippen LogP contribution in [0.25, 0.3) is 0 Å². The van der Waals surface area contributed by atoms with Crippen molar-refractivity contribution < 1.29 is 20.1 Å². The molecule has 1 aliphatic heterocycles. The maximum absolute atomic E-state index is 12.2. The second kappa shape index (κ2) is 6.07. The van der Waals surface area contributed by atoms with Gasteiger partial charge in [0, 0.05) is 5.92 Å². The number of nitrogens with one attached hydrogen (secondary N) is 1. The third-order valence-electron chi connectivity index (χ3n) is 5.27. The van der Waals surface area contributed by atoms with E-state index < -0.39 is 29.8 Å². The highest BCUT2D eigenvalue weighted by Gasteiger charge is 2.64. The van der Waals surface area contributed by atoms with E-state index >= 15 is 0 Å². The van der Waals surface area contributed by atoms with Crippen LogP contribution < -0.4 is 5.32 Å². The standard InChI is InChI=1S/C16H27NO4/c1-3-7-12-14(20)17-16(10-18,15(12,2)21)13(19)11-8-5-4-6-9-11/h5,8,11-13,18-19,21H,3-4,6-7,9-10H2,1-2H3,(H,17,20)/t11-,12+,13-,15+,16-/m1/s1. The van der Waals surface area contributed by atoms with Gasteiger partial charge in [0.2, 0.25) is 5.91 Å². The monoisotopic (exact) mass is 297 g/mol. The fraction of sp³-hybridized carbons (Fsp3) is 0.812. The van der Waals surface area contributed by atoms with E-state index in [-0.39, 0.29) is 11.8 Å². The van der Waals surface area contributed by atoms with E-state index in [1.165, 1.54) is 0 Å². The van der Waals surface area contributed by atoms with Crippen LogP contribution >= 0.6 is 0 Å². The molecule has 21 heavy (non-hydrogen) atoms. The first kappa shape index (κ1) is 16.5. The molecule has 0 aromatic rings. The number of carbonyl (C=O) groups excluding carboxylic acids is 1. The van der Waals surface area contributed by atoms with E-state index in [4.69, 9.17) is 0 Å². The average molecular weight is 297 g/mol. The van der Waals surface area contributed by atoms with Gasteiger partial charge in [0.1, 0.15) is 11.1 Å². The minimum absolute atomic E-state index is 0.155. The molecule has 0 bridgehead atoms. The third-order valence-corrected chi connectivity index (χ3v) is 5.27. The first-order chi connectivity index (χ1) is 9.90. The maximum atomic E-state index is 12.2. The highest BCUT2D eigenvalue weighted by molar-refractivity contribution is 5.84. The maximum Gasteiger partial charge on any atom is 0.226 e. The van der Waals surface area contributed by atoms with Gasteiger partial charge in [0.15, 0.2) is 0 Å². The molecule has 0 unspecified atom stereocenters. The molecule has 0 aromatic heterocycles. The summed E-state index contributed by atoms with van der Waals surface area (Å²) in [5, 5.41) is 34.3. The quantitative estimate of drug-likeness (QED) is 0.563. The van der Waals surface area contributed by atoms with Crippen LogP contribution in [-0.4, -0.2) is 45.1 Å². The van der Waals surface area contributed by atoms with Crippen molar-refractivity contribution >= 4 is 5.91 Å². The van der Waals surface area contributed by atoms with Gasteiger partial charge in [0.25, 0.3) is 0 Å². The van der Waals surface area contributed by atoms with Crippen molar-refractivity contribution in [3.05, 3.63) is 12.2 Å². The molecule has 0 saturated carbocycles. The van der Waals surface area contributed by atoms with Crippen molar-refractivity contribution in [2.45, 2.75) is 63.2 Å². The first-order valence-electron chi connectivity index (χ1n) is 7.90. The summed E-state index contributed by atoms with van der Waals surface area (Å²) in [6.45, 7) is 3.03. The van der Waals surface area contributed by atoms with Crippen LogP contribution in [0.15, 0.2) is 12.2 Å². The van der Waals surface area contributed by atoms with Gasteiger partial charge in [-0.25, -0.2) is 0 Å². The Hall–Kier alpha value is -0.910. The predicted molar refractivity (Wildman–Crippen MR) is 79.5 cm³/mol. The number of aliphatic hydroxyl groups is 3. The van der Waals surface area contributed by atoms with E-state index in [2.05, 4.69) is 5.32 Å². The van der Waals surface area contributed by atoms with Crippen molar-refractivity contribution in [2.24, 2.45) is 11.8 Å². The van der Waals surface area contributed by atoms with Crippen molar-refractivity contribution in [3.63, 3.8) is 0 Å². The SMILES string of the molecule is CCC[C@H]1C(=O)N[C@](CO)([C@H](O)[C@@H]2C=CCCC2)[C@@]1(C)O. The molecule has 1 saturated heterocycles. The molecule has 0 radical (unpaired) electrons. The van der Waals surface area contributed by atoms with Crippen molar-refractivity contribution in [3.8, 4) is 0 Å². The van der Waals surface area contributed by atoms with E-state index in [9.17, 15) is 20.1 Å². The van der Waals surface area contributed by atoms with Crippen LogP contribution in [0.1, 0.15) is 46.0 Å². The Balaban J connectivity index is 2.33. The van der Waals surface area contributed by atoms with Crippen LogP contribution in [0.4, 0.5) is 0 Å². The van der Waals surface area contributed by atoms with Crippen LogP contribution in [-0.2, 0) is 4.79 Å². The lowest BCUT2D eigenvalue weighted by atomic mass is 9.68. The van der Waals surface area contributed by atoms with E-state index in [1.54, 1.807) is 6.92 Å². The lowest BCUT2D eigenvalue weighted by Gasteiger charge is -2.45. The summed E-state index contributed by atoms with van der Waals surface area (Å²) in [7, 11) is 0. The number of hydrogen-bond donors (Lipinski definition) is 4. The predicted octanol–water partition coefficient (Wildman–Crippen LogP) is 0.732. The molecule has 2 aliphatic rings. The third kappa shape index (κ3) is 2.51. The summed E-state index contributed by atoms with van der Waals surface area (Å²) in [4.78, 5) is 12.2. The normalized spacial score (nSPS) is 41.1. The largest absolute Gasteiger partial charge is 0.394 e. The smallest absolute Gasteiger partial charge is 0.226 e. The molecule has 1 amide bonds. The van der Waals surface area contributed by atoms with Crippen LogP contribution in [0.2, 0.25) is 0 Å². The molecule has 5 nitrogen and oxygen atoms in total. The number of allylic oxidation sites excluding steroid dienone is 1. The molecule has 5 atom stereocenters. The summed E-state index contributed by atoms with van der Waals surface area (Å²) in [5.41, 5.74) is -2.87. The van der Waals surface area contributed by atoms with Gasteiger partial charge in [-0.2, -0.15) is 0 Å². The zero-order chi connectivity index (χ0) is 15.7. The van der Waals surface area contributed by atoms with Crippen LogP contribution in [0.3, 0.4) is 0 Å². The minimum atomic E-state index is -1.47. The van der Waals surface area contributed by atoms with Gasteiger partial charge >= 0.3 is 0 Å². The fourth-order valence-electron chi connectivity index (χ4n) is 3.83. The molecule has 2 rings (SSSR count). The Labute approximate surface area is 126 Å². The topological polar surface area (TPSA) is 89.8 Å². The summed E-state index contributed by atoms with van der Waals surface area (Å²) < 4.78 is 0. The molecular formula is C16H27NO4. The van der Waals surface area contributed by atoms with Gasteiger partial charge < -0.3 is 20.6 Å². The highest BCUT2D eigenvalue weighted by Crippen LogP contribution is 2.43. The second-order valence-corrected chi connectivity index (χ2v) is 6.58. The lowest BCUT2D eigenvalue weighted by molar-refractivity contribution is -0.127. The molecule has 1 aliphatic carbocycles. The average Bonchev–Trinajstić information content (AvgIpc) is 2.68. The fourth-order valence-corrected chi connectivity index (χ4v) is 3.83. The summed E-state index contributed by atoms with van der Waals surface area (Å²) in [6.07, 6.45) is 6.98. The van der Waals surface area contributed by atoms with Crippen molar-refractivity contribution in [1.29, 1.82) is 0 Å². The number of aliphatic hydroxyl groups excluding tert-OH is 2. The molecule has 4 N–H and O–H groups in total. The van der Waals surface area contributed by atoms with Gasteiger partial charge in [-0.15, -0.1) is 0 Å². The molecule has 0 spiro atoms. The summed E-state index contributed by atoms with van der Waals surface area (Å²) >= 11 is 0. The van der Waals surface area contributed by atoms with Crippen molar-refractivity contribution in [2.75, 3.05) is 6.61 Å². The van der Waals surface area contributed by atoms with E-state index in [0.717, 1.165) is 25.7 Å². The zero-order valence-corrected chi connectivity index (χ0v) is 12.9. The summed E-state index contributed by atoms with van der Waals surface area (Å²) in [5.74, 6) is -1.04. The molecule has 5 heteroatoms. The number of rotatable bonds is 5. The van der Waals surface area contributed by atoms with Gasteiger partial charge in [0.05, 0.1) is 18.6 Å². The molecular weight excluding hydrogens is 270 g/mol. The Bertz CT molecular complexity index is 421. The van der Waals surface area contributed by atoms with Gasteiger partial charge in [-0.1, -0.05) is 25.5 Å². The molecule has 0 aromatic carbocycles. The zero-order valence-electron chi connectivity index (χ0n) is 12.9. The Morgan fingerprint density at radius 3 is 2.76 bits per heavy atom. The van der Waals surface area contributed by atoms with Crippen LogP contribution in [0, 0.1) is 11.8 Å². The van der Waals surface area contributed by atoms with E-state index in [1.807, 2.05) is 19.1 Å². The Morgan fingerprint density at radius 2 is 2.24 bits per heavy atom. The van der Waals surface area contributed by atoms with Gasteiger partial charge in [-0.3, -0.25) is 4.79 Å². The molecule has 1 heterocycles. The van der Waals surface area contributed by atoms with Gasteiger partial charge in [-0.05, 0) is 32.6 Å². The Morgan fingerprint density at radius 1 is 1.52 bits per heavy atom. The summed E-state index contributed by atoms with van der Waals surface area (Å²) in [6, 6.07) is 0. The van der Waals surface area contributed by atoms with E-state index in [0.29, 0.717) is 6.42 Å². The Kier molecular flexibility index (Phi) is 4.76. The lowest BCUT2D eigenvalue weighted by Crippen LogP contribution is -2.68. The number of hydrogen-bond acceptors (Lipinski definition) is 4. The second-order valence-electron chi connectivity index (χ2n) is 6.58.